The van der Waals surface area contributed by atoms with Gasteiger partial charge >= 0.3 is 12.4 Å². The average Bonchev–Trinajstić information content (AvgIpc) is 3.83. The predicted octanol–water partition coefficient (Wildman–Crippen LogP) is 7.62. The molecule has 0 spiro atoms. The van der Waals surface area contributed by atoms with Crippen LogP contribution in [-0.2, 0) is 17.5 Å². The van der Waals surface area contributed by atoms with E-state index in [1.54, 1.807) is 52.8 Å². The number of ether oxygens (including phenoxy) is 2. The summed E-state index contributed by atoms with van der Waals surface area (Å²) < 4.78 is 93.8. The SMILES string of the molecule is CC(C=O)n1c(C(=O)N2CCN(Cc3ccc(OCC(F)(F)F)cc3)CC2)cc2ccc(Oc3cnc(-c4nc(-c5ccc(C(F)(F)F)cc5)no4)cn3)cc21. The van der Waals surface area contributed by atoms with E-state index in [-0.39, 0.29) is 34.9 Å². The molecule has 0 saturated carbocycles. The number of amides is 1. The van der Waals surface area contributed by atoms with E-state index < -0.39 is 30.6 Å². The van der Waals surface area contributed by atoms with Crippen LogP contribution in [0.5, 0.6) is 17.4 Å². The first-order valence-electron chi connectivity index (χ1n) is 17.2. The Morgan fingerprint density at radius 1 is 0.893 bits per heavy atom. The number of carbonyl (C=O) groups is 2. The van der Waals surface area contributed by atoms with E-state index in [2.05, 4.69) is 25.0 Å². The van der Waals surface area contributed by atoms with Crippen molar-refractivity contribution in [3.8, 4) is 40.4 Å². The summed E-state index contributed by atoms with van der Waals surface area (Å²) in [6, 6.07) is 16.9. The lowest BCUT2D eigenvalue weighted by atomic mass is 10.1. The number of rotatable bonds is 11. The minimum atomic E-state index is -4.47. The molecule has 3 aromatic heterocycles. The van der Waals surface area contributed by atoms with Crippen LogP contribution in [0.1, 0.15) is 34.6 Å². The first-order chi connectivity index (χ1) is 26.7. The molecule has 56 heavy (non-hydrogen) atoms. The maximum Gasteiger partial charge on any atom is 0.422 e. The molecular formula is C38H31F6N7O5. The summed E-state index contributed by atoms with van der Waals surface area (Å²) in [7, 11) is 0. The third kappa shape index (κ3) is 8.64. The number of aromatic nitrogens is 5. The van der Waals surface area contributed by atoms with Gasteiger partial charge in [-0.15, -0.1) is 0 Å². The number of halogens is 6. The molecule has 18 heteroatoms. The van der Waals surface area contributed by atoms with Gasteiger partial charge < -0.3 is 28.3 Å². The van der Waals surface area contributed by atoms with Crippen LogP contribution >= 0.6 is 0 Å². The van der Waals surface area contributed by atoms with Gasteiger partial charge in [0.25, 0.3) is 11.8 Å². The Morgan fingerprint density at radius 2 is 1.61 bits per heavy atom. The van der Waals surface area contributed by atoms with Gasteiger partial charge in [0.05, 0.1) is 29.5 Å². The van der Waals surface area contributed by atoms with Gasteiger partial charge in [-0.05, 0) is 55.0 Å². The van der Waals surface area contributed by atoms with Gasteiger partial charge in [0.2, 0.25) is 11.7 Å². The highest BCUT2D eigenvalue weighted by atomic mass is 19.4. The molecule has 7 rings (SSSR count). The number of carbonyl (C=O) groups excluding carboxylic acids is 2. The van der Waals surface area contributed by atoms with Crippen molar-refractivity contribution in [2.45, 2.75) is 31.9 Å². The molecule has 3 aromatic carbocycles. The monoisotopic (exact) mass is 779 g/mol. The Hall–Kier alpha value is -6.30. The van der Waals surface area contributed by atoms with Crippen molar-refractivity contribution in [2.75, 3.05) is 32.8 Å². The van der Waals surface area contributed by atoms with Crippen molar-refractivity contribution in [3.05, 3.63) is 102 Å². The number of benzene rings is 3. The highest BCUT2D eigenvalue weighted by Gasteiger charge is 2.31. The molecular weight excluding hydrogens is 748 g/mol. The Balaban J connectivity index is 0.999. The topological polar surface area (TPSA) is 129 Å². The smallest absolute Gasteiger partial charge is 0.422 e. The molecule has 1 unspecified atom stereocenters. The fraction of sp³-hybridized carbons (Fsp3) is 0.263. The van der Waals surface area contributed by atoms with Gasteiger partial charge in [-0.1, -0.05) is 29.4 Å². The largest absolute Gasteiger partial charge is 0.484 e. The highest BCUT2D eigenvalue weighted by molar-refractivity contribution is 5.99. The summed E-state index contributed by atoms with van der Waals surface area (Å²) in [5.41, 5.74) is 1.52. The van der Waals surface area contributed by atoms with Crippen LogP contribution in [0, 0.1) is 0 Å². The average molecular weight is 780 g/mol. The number of nitrogens with zero attached hydrogens (tertiary/aromatic N) is 7. The summed E-state index contributed by atoms with van der Waals surface area (Å²) in [6.45, 7) is 2.83. The lowest BCUT2D eigenvalue weighted by Crippen LogP contribution is -2.48. The summed E-state index contributed by atoms with van der Waals surface area (Å²) in [5, 5.41) is 4.53. The Labute approximate surface area is 314 Å². The van der Waals surface area contributed by atoms with Crippen LogP contribution in [0.15, 0.2) is 89.7 Å². The van der Waals surface area contributed by atoms with Crippen LogP contribution in [0.4, 0.5) is 26.3 Å². The van der Waals surface area contributed by atoms with Gasteiger partial charge in [-0.3, -0.25) is 9.69 Å². The fourth-order valence-corrected chi connectivity index (χ4v) is 6.17. The van der Waals surface area contributed by atoms with E-state index in [4.69, 9.17) is 14.0 Å². The second-order valence-corrected chi connectivity index (χ2v) is 13.0. The molecule has 0 aliphatic carbocycles. The van der Waals surface area contributed by atoms with Crippen molar-refractivity contribution in [3.63, 3.8) is 0 Å². The third-order valence-electron chi connectivity index (χ3n) is 8.99. The zero-order valence-corrected chi connectivity index (χ0v) is 29.4. The molecule has 12 nitrogen and oxygen atoms in total. The second kappa shape index (κ2) is 15.4. The third-order valence-corrected chi connectivity index (χ3v) is 8.99. The highest BCUT2D eigenvalue weighted by Crippen LogP contribution is 2.33. The van der Waals surface area contributed by atoms with E-state index in [1.807, 2.05) is 0 Å². The number of fused-ring (bicyclic) bond motifs is 1. The van der Waals surface area contributed by atoms with E-state index >= 15 is 0 Å². The summed E-state index contributed by atoms with van der Waals surface area (Å²) in [5.74, 6) is 0.408. The predicted molar refractivity (Wildman–Crippen MR) is 188 cm³/mol. The molecule has 1 fully saturated rings. The van der Waals surface area contributed by atoms with Crippen LogP contribution in [0.2, 0.25) is 0 Å². The minimum absolute atomic E-state index is 0.00846. The lowest BCUT2D eigenvalue weighted by molar-refractivity contribution is -0.153. The molecule has 1 aliphatic heterocycles. The molecule has 1 amide bonds. The van der Waals surface area contributed by atoms with Crippen LogP contribution in [0.3, 0.4) is 0 Å². The molecule has 0 N–H and O–H groups in total. The number of alkyl halides is 6. The molecule has 0 bridgehead atoms. The number of aldehydes is 1. The summed E-state index contributed by atoms with van der Waals surface area (Å²) in [6.07, 6.45) is -5.49. The fourth-order valence-electron chi connectivity index (χ4n) is 6.17. The van der Waals surface area contributed by atoms with Gasteiger partial charge in [0.1, 0.15) is 29.2 Å². The van der Waals surface area contributed by atoms with Crippen molar-refractivity contribution >= 4 is 23.1 Å². The maximum atomic E-state index is 13.9. The Bertz CT molecular complexity index is 2320. The van der Waals surface area contributed by atoms with Crippen molar-refractivity contribution in [1.82, 2.24) is 34.5 Å². The van der Waals surface area contributed by atoms with Crippen LogP contribution < -0.4 is 9.47 Å². The van der Waals surface area contributed by atoms with Crippen molar-refractivity contribution < 1.29 is 49.9 Å². The molecule has 1 saturated heterocycles. The van der Waals surface area contributed by atoms with E-state index in [9.17, 15) is 35.9 Å². The first kappa shape index (κ1) is 38.0. The van der Waals surface area contributed by atoms with Gasteiger partial charge in [-0.25, -0.2) is 9.97 Å². The zero-order valence-electron chi connectivity index (χ0n) is 29.4. The minimum Gasteiger partial charge on any atom is -0.484 e. The van der Waals surface area contributed by atoms with Gasteiger partial charge in [-0.2, -0.15) is 31.3 Å². The maximum absolute atomic E-state index is 13.9. The van der Waals surface area contributed by atoms with Crippen LogP contribution in [0.25, 0.3) is 33.9 Å². The molecule has 6 aromatic rings. The normalized spacial score (nSPS) is 14.5. The zero-order chi connectivity index (χ0) is 39.6. The van der Waals surface area contributed by atoms with Gasteiger partial charge in [0.15, 0.2) is 6.61 Å². The van der Waals surface area contributed by atoms with E-state index in [1.165, 1.54) is 36.7 Å². The van der Waals surface area contributed by atoms with Crippen molar-refractivity contribution in [1.29, 1.82) is 0 Å². The molecule has 290 valence electrons. The number of hydrogen-bond donors (Lipinski definition) is 0. The summed E-state index contributed by atoms with van der Waals surface area (Å²) >= 11 is 0. The second-order valence-electron chi connectivity index (χ2n) is 13.0. The van der Waals surface area contributed by atoms with E-state index in [0.29, 0.717) is 60.6 Å². The first-order valence-corrected chi connectivity index (χ1v) is 17.2. The van der Waals surface area contributed by atoms with Crippen molar-refractivity contribution in [2.24, 2.45) is 0 Å². The standard InChI is InChI=1S/C38H31F6N7O5/c1-23(21-52)51-31-17-29(55-33-19-45-30(18-46-33)35-47-34(48-56-35)25-4-7-27(8-5-25)38(42,43)44)11-6-26(31)16-32(51)36(53)50-14-12-49(13-15-50)20-24-2-9-28(10-3-24)54-22-37(39,40)41/h2-11,16-19,21,23H,12-15,20,22H2,1H3. The number of hydrogen-bond acceptors (Lipinski definition) is 10. The van der Waals surface area contributed by atoms with Gasteiger partial charge in [0, 0.05) is 49.7 Å². The molecule has 4 heterocycles. The molecule has 1 aliphatic rings. The summed E-state index contributed by atoms with van der Waals surface area (Å²) in [4.78, 5) is 42.5. The number of piperazine rings is 1. The quantitative estimate of drug-likeness (QED) is 0.0957. The van der Waals surface area contributed by atoms with Crippen LogP contribution in [-0.4, -0.2) is 85.6 Å². The van der Waals surface area contributed by atoms with E-state index in [0.717, 1.165) is 24.0 Å². The molecule has 0 radical (unpaired) electrons. The Kier molecular flexibility index (Phi) is 10.5. The Morgan fingerprint density at radius 3 is 2.25 bits per heavy atom. The lowest BCUT2D eigenvalue weighted by Gasteiger charge is -2.35. The molecule has 1 atom stereocenters.